The van der Waals surface area contributed by atoms with E-state index in [0.29, 0.717) is 12.3 Å². The summed E-state index contributed by atoms with van der Waals surface area (Å²) in [5.41, 5.74) is 2.14. The van der Waals surface area contributed by atoms with Gasteiger partial charge in [0.15, 0.2) is 0 Å². The van der Waals surface area contributed by atoms with Crippen LogP contribution in [0.5, 0.6) is 0 Å². The summed E-state index contributed by atoms with van der Waals surface area (Å²) in [7, 11) is 0. The van der Waals surface area contributed by atoms with Gasteiger partial charge in [0.2, 0.25) is 0 Å². The van der Waals surface area contributed by atoms with E-state index in [0.717, 1.165) is 34.6 Å². The number of rotatable bonds is 4. The molecule has 0 spiro atoms. The minimum atomic E-state index is -0.234. The van der Waals surface area contributed by atoms with Crippen molar-refractivity contribution in [3.63, 3.8) is 0 Å². The van der Waals surface area contributed by atoms with Gasteiger partial charge in [-0.3, -0.25) is 4.68 Å². The normalized spacial score (nSPS) is 22.0. The highest BCUT2D eigenvalue weighted by Gasteiger charge is 2.26. The summed E-state index contributed by atoms with van der Waals surface area (Å²) in [4.78, 5) is 0. The molecule has 96 valence electrons. The summed E-state index contributed by atoms with van der Waals surface area (Å²) in [5.74, 6) is 2.74. The maximum atomic E-state index is 10.3. The predicted octanol–water partition coefficient (Wildman–Crippen LogP) is 2.63. The lowest BCUT2D eigenvalue weighted by atomic mass is 9.98. The molecule has 2 heterocycles. The van der Waals surface area contributed by atoms with Crippen LogP contribution in [0, 0.1) is 12.8 Å². The van der Waals surface area contributed by atoms with Crippen molar-refractivity contribution in [1.29, 1.82) is 0 Å². The van der Waals surface area contributed by atoms with Gasteiger partial charge in [-0.05, 0) is 53.6 Å². The third kappa shape index (κ3) is 2.88. The van der Waals surface area contributed by atoms with Gasteiger partial charge in [-0.15, -0.1) is 0 Å². The van der Waals surface area contributed by atoms with Crippen LogP contribution in [0.2, 0.25) is 0 Å². The molecule has 3 nitrogen and oxygen atoms in total. The Hall–Kier alpha value is -0.0000000000000000555. The van der Waals surface area contributed by atoms with Gasteiger partial charge in [-0.2, -0.15) is 16.9 Å². The van der Waals surface area contributed by atoms with Crippen LogP contribution in [-0.2, 0) is 13.0 Å². The van der Waals surface area contributed by atoms with Crippen molar-refractivity contribution in [3.05, 3.63) is 15.9 Å². The molecule has 2 unspecified atom stereocenters. The van der Waals surface area contributed by atoms with Crippen molar-refractivity contribution in [1.82, 2.24) is 9.78 Å². The largest absolute Gasteiger partial charge is 0.392 e. The predicted molar refractivity (Wildman–Crippen MR) is 75.5 cm³/mol. The zero-order valence-corrected chi connectivity index (χ0v) is 12.7. The van der Waals surface area contributed by atoms with Crippen molar-refractivity contribution in [2.75, 3.05) is 11.5 Å². The number of hydrogen-bond donors (Lipinski definition) is 1. The molecule has 1 N–H and O–H groups in total. The van der Waals surface area contributed by atoms with Crippen molar-refractivity contribution >= 4 is 27.7 Å². The molecule has 1 fully saturated rings. The number of aromatic nitrogens is 2. The Morgan fingerprint density at radius 2 is 2.41 bits per heavy atom. The van der Waals surface area contributed by atoms with E-state index < -0.39 is 0 Å². The summed E-state index contributed by atoms with van der Waals surface area (Å²) in [6.07, 6.45) is 1.62. The monoisotopic (exact) mass is 318 g/mol. The molecule has 2 atom stereocenters. The minimum absolute atomic E-state index is 0.234. The Kier molecular flexibility index (Phi) is 4.55. The average Bonchev–Trinajstić information content (AvgIpc) is 2.92. The topological polar surface area (TPSA) is 38.0 Å². The first-order valence-electron chi connectivity index (χ1n) is 6.11. The maximum Gasteiger partial charge on any atom is 0.0738 e. The molecule has 2 rings (SSSR count). The minimum Gasteiger partial charge on any atom is -0.392 e. The van der Waals surface area contributed by atoms with E-state index in [1.54, 1.807) is 0 Å². The van der Waals surface area contributed by atoms with Crippen LogP contribution in [-0.4, -0.2) is 32.5 Å². The smallest absolute Gasteiger partial charge is 0.0738 e. The Morgan fingerprint density at radius 1 is 1.65 bits per heavy atom. The Balaban J connectivity index is 2.11. The summed E-state index contributed by atoms with van der Waals surface area (Å²) < 4.78 is 3.05. The first-order valence-corrected chi connectivity index (χ1v) is 8.05. The lowest BCUT2D eigenvalue weighted by Gasteiger charge is -2.17. The molecule has 0 amide bonds. The molecule has 1 aliphatic heterocycles. The van der Waals surface area contributed by atoms with E-state index in [-0.39, 0.29) is 6.10 Å². The van der Waals surface area contributed by atoms with Crippen molar-refractivity contribution in [2.45, 2.75) is 39.3 Å². The number of nitrogens with zero attached hydrogens (tertiary/aromatic N) is 2. The van der Waals surface area contributed by atoms with Gasteiger partial charge in [0.1, 0.15) is 0 Å². The van der Waals surface area contributed by atoms with Gasteiger partial charge in [0.25, 0.3) is 0 Å². The fraction of sp³-hybridized carbons (Fsp3) is 0.750. The van der Waals surface area contributed by atoms with E-state index in [4.69, 9.17) is 0 Å². The number of aliphatic hydroxyl groups excluding tert-OH is 1. The molecule has 0 aliphatic carbocycles. The number of hydrogen-bond acceptors (Lipinski definition) is 3. The van der Waals surface area contributed by atoms with Crippen molar-refractivity contribution in [2.24, 2.45) is 5.92 Å². The number of thioether (sulfide) groups is 1. The van der Waals surface area contributed by atoms with E-state index in [1.165, 1.54) is 5.75 Å². The molecule has 1 saturated heterocycles. The average molecular weight is 319 g/mol. The van der Waals surface area contributed by atoms with E-state index in [1.807, 2.05) is 23.4 Å². The molecule has 1 aliphatic rings. The van der Waals surface area contributed by atoms with Crippen LogP contribution in [0.25, 0.3) is 0 Å². The zero-order valence-electron chi connectivity index (χ0n) is 10.3. The zero-order chi connectivity index (χ0) is 12.4. The third-order valence-electron chi connectivity index (χ3n) is 3.36. The standard InChI is InChI=1S/C12H19BrN2OS/c1-3-15-10(12(13)8(2)14-15)6-11(16)9-4-5-17-7-9/h9,11,16H,3-7H2,1-2H3. The molecule has 17 heavy (non-hydrogen) atoms. The van der Waals surface area contributed by atoms with Crippen LogP contribution >= 0.6 is 27.7 Å². The highest BCUT2D eigenvalue weighted by Crippen LogP contribution is 2.30. The molecule has 1 aromatic rings. The first kappa shape index (κ1) is 13.4. The quantitative estimate of drug-likeness (QED) is 0.927. The second-order valence-corrected chi connectivity index (χ2v) is 6.50. The number of halogens is 1. The molecule has 0 aromatic carbocycles. The molecule has 5 heteroatoms. The van der Waals surface area contributed by atoms with Gasteiger partial charge >= 0.3 is 0 Å². The van der Waals surface area contributed by atoms with Crippen LogP contribution in [0.15, 0.2) is 4.47 Å². The Labute approximate surface area is 115 Å². The molecule has 0 saturated carbocycles. The fourth-order valence-electron chi connectivity index (χ4n) is 2.28. The van der Waals surface area contributed by atoms with Gasteiger partial charge in [0, 0.05) is 13.0 Å². The maximum absolute atomic E-state index is 10.3. The lowest BCUT2D eigenvalue weighted by Crippen LogP contribution is -2.24. The summed E-state index contributed by atoms with van der Waals surface area (Å²) in [6.45, 7) is 4.94. The molecular weight excluding hydrogens is 300 g/mol. The first-order chi connectivity index (χ1) is 8.13. The second kappa shape index (κ2) is 5.76. The van der Waals surface area contributed by atoms with E-state index >= 15 is 0 Å². The van der Waals surface area contributed by atoms with Gasteiger partial charge in [0.05, 0.1) is 22.0 Å². The van der Waals surface area contributed by atoms with Gasteiger partial charge in [-0.1, -0.05) is 0 Å². The number of aliphatic hydroxyl groups is 1. The van der Waals surface area contributed by atoms with Crippen molar-refractivity contribution in [3.8, 4) is 0 Å². The summed E-state index contributed by atoms with van der Waals surface area (Å²) in [5, 5.41) is 14.7. The molecular formula is C12H19BrN2OS. The Morgan fingerprint density at radius 3 is 3.00 bits per heavy atom. The van der Waals surface area contributed by atoms with Gasteiger partial charge < -0.3 is 5.11 Å². The summed E-state index contributed by atoms with van der Waals surface area (Å²) in [6, 6.07) is 0. The third-order valence-corrected chi connectivity index (χ3v) is 5.58. The second-order valence-electron chi connectivity index (χ2n) is 4.56. The van der Waals surface area contributed by atoms with Crippen LogP contribution < -0.4 is 0 Å². The van der Waals surface area contributed by atoms with E-state index in [2.05, 4.69) is 28.0 Å². The fourth-order valence-corrected chi connectivity index (χ4v) is 4.06. The highest BCUT2D eigenvalue weighted by molar-refractivity contribution is 9.10. The van der Waals surface area contributed by atoms with Crippen molar-refractivity contribution < 1.29 is 5.11 Å². The van der Waals surface area contributed by atoms with Gasteiger partial charge in [-0.25, -0.2) is 0 Å². The molecule has 0 radical (unpaired) electrons. The van der Waals surface area contributed by atoms with Crippen LogP contribution in [0.3, 0.4) is 0 Å². The highest BCUT2D eigenvalue weighted by atomic mass is 79.9. The summed E-state index contributed by atoms with van der Waals surface area (Å²) >= 11 is 5.53. The molecule has 1 aromatic heterocycles. The SMILES string of the molecule is CCn1nc(C)c(Br)c1CC(O)C1CCSC1. The van der Waals surface area contributed by atoms with E-state index in [9.17, 15) is 5.11 Å². The lowest BCUT2D eigenvalue weighted by molar-refractivity contribution is 0.118. The molecule has 0 bridgehead atoms. The Bertz CT molecular complexity index is 388. The number of aryl methyl sites for hydroxylation is 2. The van der Waals surface area contributed by atoms with Crippen LogP contribution in [0.1, 0.15) is 24.7 Å². The van der Waals surface area contributed by atoms with Crippen LogP contribution in [0.4, 0.5) is 0 Å².